The van der Waals surface area contributed by atoms with Crippen molar-refractivity contribution in [2.45, 2.75) is 52.0 Å². The van der Waals surface area contributed by atoms with Crippen molar-refractivity contribution in [1.29, 1.82) is 0 Å². The lowest BCUT2D eigenvalue weighted by Crippen LogP contribution is -2.42. The summed E-state index contributed by atoms with van der Waals surface area (Å²) in [5.74, 6) is 1.69. The molecule has 3 nitrogen and oxygen atoms in total. The van der Waals surface area contributed by atoms with Crippen LogP contribution in [0.2, 0.25) is 0 Å². The highest BCUT2D eigenvalue weighted by atomic mass is 16.2. The number of nitrogens with one attached hydrogen (secondary N) is 2. The first-order valence-corrected chi connectivity index (χ1v) is 6.10. The zero-order valence-corrected chi connectivity index (χ0v) is 10.2. The zero-order valence-electron chi connectivity index (χ0n) is 10.2. The van der Waals surface area contributed by atoms with E-state index in [1.807, 2.05) is 0 Å². The van der Waals surface area contributed by atoms with Crippen LogP contribution in [0.3, 0.4) is 0 Å². The quantitative estimate of drug-likeness (QED) is 0.741. The molecule has 15 heavy (non-hydrogen) atoms. The van der Waals surface area contributed by atoms with Gasteiger partial charge in [0.2, 0.25) is 0 Å². The number of urea groups is 1. The summed E-state index contributed by atoms with van der Waals surface area (Å²) in [4.78, 5) is 11.1. The maximum Gasteiger partial charge on any atom is 0.314 e. The van der Waals surface area contributed by atoms with Crippen LogP contribution in [0.4, 0.5) is 4.79 Å². The van der Waals surface area contributed by atoms with Gasteiger partial charge in [-0.3, -0.25) is 0 Å². The lowest BCUT2D eigenvalue weighted by molar-refractivity contribution is 0.224. The summed E-state index contributed by atoms with van der Waals surface area (Å²) >= 11 is 0. The standard InChI is InChI=1S/C12H24N2O/c1-9(2)8-10-4-6-11(7-5-10)14-12(15)13-3/h9-11H,4-8H2,1-3H3,(H2,13,14,15). The second-order valence-corrected chi connectivity index (χ2v) is 5.07. The van der Waals surface area contributed by atoms with E-state index in [4.69, 9.17) is 0 Å². The van der Waals surface area contributed by atoms with Gasteiger partial charge in [-0.2, -0.15) is 0 Å². The molecule has 0 bridgehead atoms. The molecule has 0 aliphatic heterocycles. The molecule has 3 heteroatoms. The van der Waals surface area contributed by atoms with Crippen LogP contribution in [0, 0.1) is 11.8 Å². The van der Waals surface area contributed by atoms with E-state index < -0.39 is 0 Å². The van der Waals surface area contributed by atoms with Crippen molar-refractivity contribution in [2.24, 2.45) is 11.8 Å². The number of hydrogen-bond donors (Lipinski definition) is 2. The second kappa shape index (κ2) is 5.99. The van der Waals surface area contributed by atoms with E-state index >= 15 is 0 Å². The normalized spacial score (nSPS) is 26.4. The van der Waals surface area contributed by atoms with E-state index in [0.29, 0.717) is 6.04 Å². The lowest BCUT2D eigenvalue weighted by Gasteiger charge is -2.29. The summed E-state index contributed by atoms with van der Waals surface area (Å²) in [6.07, 6.45) is 6.17. The third kappa shape index (κ3) is 4.54. The molecular weight excluding hydrogens is 188 g/mol. The maximum absolute atomic E-state index is 11.1. The van der Waals surface area contributed by atoms with Crippen LogP contribution in [0.1, 0.15) is 46.0 Å². The van der Waals surface area contributed by atoms with Gasteiger partial charge in [0.1, 0.15) is 0 Å². The molecular formula is C12H24N2O. The number of carbonyl (C=O) groups is 1. The van der Waals surface area contributed by atoms with E-state index in [1.54, 1.807) is 7.05 Å². The van der Waals surface area contributed by atoms with Gasteiger partial charge in [0.15, 0.2) is 0 Å². The summed E-state index contributed by atoms with van der Waals surface area (Å²) in [7, 11) is 1.67. The van der Waals surface area contributed by atoms with Crippen LogP contribution in [-0.4, -0.2) is 19.1 Å². The van der Waals surface area contributed by atoms with Gasteiger partial charge in [0, 0.05) is 13.1 Å². The van der Waals surface area contributed by atoms with Gasteiger partial charge in [-0.05, 0) is 43.9 Å². The molecule has 0 spiro atoms. The van der Waals surface area contributed by atoms with Gasteiger partial charge >= 0.3 is 6.03 Å². The number of carbonyl (C=O) groups excluding carboxylic acids is 1. The monoisotopic (exact) mass is 212 g/mol. The molecule has 0 aromatic carbocycles. The highest BCUT2D eigenvalue weighted by Gasteiger charge is 2.22. The van der Waals surface area contributed by atoms with Crippen LogP contribution in [0.15, 0.2) is 0 Å². The Kier molecular flexibility index (Phi) is 4.92. The Balaban J connectivity index is 2.20. The Bertz CT molecular complexity index is 196. The first-order valence-electron chi connectivity index (χ1n) is 6.10. The van der Waals surface area contributed by atoms with Crippen LogP contribution < -0.4 is 10.6 Å². The number of hydrogen-bond acceptors (Lipinski definition) is 1. The minimum absolute atomic E-state index is 0.0395. The van der Waals surface area contributed by atoms with E-state index in [0.717, 1.165) is 24.7 Å². The summed E-state index contributed by atoms with van der Waals surface area (Å²) in [5, 5.41) is 5.60. The van der Waals surface area contributed by atoms with Crippen molar-refractivity contribution in [3.05, 3.63) is 0 Å². The third-order valence-corrected chi connectivity index (χ3v) is 3.21. The van der Waals surface area contributed by atoms with Crippen molar-refractivity contribution in [3.63, 3.8) is 0 Å². The fraction of sp³-hybridized carbons (Fsp3) is 0.917. The molecule has 0 radical (unpaired) electrons. The van der Waals surface area contributed by atoms with Gasteiger partial charge in [-0.1, -0.05) is 13.8 Å². The average molecular weight is 212 g/mol. The smallest absolute Gasteiger partial charge is 0.314 e. The summed E-state index contributed by atoms with van der Waals surface area (Å²) in [6.45, 7) is 4.57. The van der Waals surface area contributed by atoms with Gasteiger partial charge < -0.3 is 10.6 Å². The number of amides is 2. The Morgan fingerprint density at radius 2 is 1.87 bits per heavy atom. The molecule has 1 aliphatic rings. The molecule has 2 amide bonds. The maximum atomic E-state index is 11.1. The first kappa shape index (κ1) is 12.3. The lowest BCUT2D eigenvalue weighted by atomic mass is 9.81. The van der Waals surface area contributed by atoms with Gasteiger partial charge in [0.05, 0.1) is 0 Å². The summed E-state index contributed by atoms with van der Waals surface area (Å²) < 4.78 is 0. The Morgan fingerprint density at radius 1 is 1.27 bits per heavy atom. The highest BCUT2D eigenvalue weighted by molar-refractivity contribution is 5.73. The van der Waals surface area contributed by atoms with Crippen LogP contribution in [-0.2, 0) is 0 Å². The molecule has 1 saturated carbocycles. The molecule has 1 rings (SSSR count). The molecule has 2 N–H and O–H groups in total. The van der Waals surface area contributed by atoms with Gasteiger partial charge in [0.25, 0.3) is 0 Å². The molecule has 0 saturated heterocycles. The first-order chi connectivity index (χ1) is 7.11. The second-order valence-electron chi connectivity index (χ2n) is 5.07. The molecule has 0 heterocycles. The minimum atomic E-state index is -0.0395. The Labute approximate surface area is 93.0 Å². The van der Waals surface area contributed by atoms with Crippen molar-refractivity contribution in [3.8, 4) is 0 Å². The molecule has 0 atom stereocenters. The van der Waals surface area contributed by atoms with E-state index in [-0.39, 0.29) is 6.03 Å². The predicted molar refractivity (Wildman–Crippen MR) is 62.8 cm³/mol. The fourth-order valence-electron chi connectivity index (χ4n) is 2.47. The largest absolute Gasteiger partial charge is 0.341 e. The van der Waals surface area contributed by atoms with Crippen molar-refractivity contribution in [2.75, 3.05) is 7.05 Å². The fourth-order valence-corrected chi connectivity index (χ4v) is 2.47. The third-order valence-electron chi connectivity index (χ3n) is 3.21. The topological polar surface area (TPSA) is 41.1 Å². The van der Waals surface area contributed by atoms with Crippen LogP contribution >= 0.6 is 0 Å². The van der Waals surface area contributed by atoms with Crippen LogP contribution in [0.5, 0.6) is 0 Å². The highest BCUT2D eigenvalue weighted by Crippen LogP contribution is 2.29. The van der Waals surface area contributed by atoms with Gasteiger partial charge in [-0.25, -0.2) is 4.79 Å². The average Bonchev–Trinajstić information content (AvgIpc) is 2.20. The zero-order chi connectivity index (χ0) is 11.3. The number of rotatable bonds is 3. The molecule has 0 aromatic rings. The van der Waals surface area contributed by atoms with E-state index in [9.17, 15) is 4.79 Å². The SMILES string of the molecule is CNC(=O)NC1CCC(CC(C)C)CC1. The van der Waals surface area contributed by atoms with Crippen molar-refractivity contribution >= 4 is 6.03 Å². The van der Waals surface area contributed by atoms with Crippen molar-refractivity contribution in [1.82, 2.24) is 10.6 Å². The minimum Gasteiger partial charge on any atom is -0.341 e. The predicted octanol–water partition coefficient (Wildman–Crippen LogP) is 2.52. The molecule has 88 valence electrons. The van der Waals surface area contributed by atoms with Crippen LogP contribution in [0.25, 0.3) is 0 Å². The van der Waals surface area contributed by atoms with Gasteiger partial charge in [-0.15, -0.1) is 0 Å². The van der Waals surface area contributed by atoms with Crippen molar-refractivity contribution < 1.29 is 4.79 Å². The summed E-state index contributed by atoms with van der Waals surface area (Å²) in [6, 6.07) is 0.357. The summed E-state index contributed by atoms with van der Waals surface area (Å²) in [5.41, 5.74) is 0. The Morgan fingerprint density at radius 3 is 2.33 bits per heavy atom. The van der Waals surface area contributed by atoms with E-state index in [2.05, 4.69) is 24.5 Å². The molecule has 0 aromatic heterocycles. The molecule has 0 unspecified atom stereocenters. The van der Waals surface area contributed by atoms with E-state index in [1.165, 1.54) is 19.3 Å². The molecule has 1 aliphatic carbocycles. The molecule has 1 fully saturated rings. The Hall–Kier alpha value is -0.730.